The molecule has 0 radical (unpaired) electrons. The lowest BCUT2D eigenvalue weighted by molar-refractivity contribution is -0.385. The highest BCUT2D eigenvalue weighted by atomic mass is 16.6. The first kappa shape index (κ1) is 20.0. The average Bonchev–Trinajstić information content (AvgIpc) is 3.10. The number of aryl methyl sites for hydroxylation is 1. The van der Waals surface area contributed by atoms with Crippen molar-refractivity contribution in [2.75, 3.05) is 31.6 Å². The predicted molar refractivity (Wildman–Crippen MR) is 113 cm³/mol. The molecule has 1 fully saturated rings. The molecule has 4 rings (SSSR count). The topological polar surface area (TPSA) is 103 Å². The number of para-hydroxylation sites is 1. The number of hydrogen-bond donors (Lipinski definition) is 1. The number of carbonyl (C=O) groups is 1. The van der Waals surface area contributed by atoms with Gasteiger partial charge in [0.1, 0.15) is 11.4 Å². The number of carbonyl (C=O) groups excluding carboxylic acids is 1. The molecular formula is C21H23N5O4. The fourth-order valence-corrected chi connectivity index (χ4v) is 3.71. The molecule has 2 aromatic carbocycles. The molecule has 2 heterocycles. The first-order valence-electron chi connectivity index (χ1n) is 9.91. The van der Waals surface area contributed by atoms with E-state index in [2.05, 4.69) is 21.7 Å². The summed E-state index contributed by atoms with van der Waals surface area (Å²) >= 11 is 0. The Balaban J connectivity index is 1.59. The van der Waals surface area contributed by atoms with Crippen molar-refractivity contribution in [2.24, 2.45) is 0 Å². The van der Waals surface area contributed by atoms with Gasteiger partial charge in [0, 0.05) is 31.4 Å². The Kier molecular flexibility index (Phi) is 5.73. The highest BCUT2D eigenvalue weighted by molar-refractivity contribution is 6.07. The van der Waals surface area contributed by atoms with Crippen LogP contribution in [0, 0.1) is 10.1 Å². The van der Waals surface area contributed by atoms with Gasteiger partial charge in [-0.05, 0) is 31.2 Å². The van der Waals surface area contributed by atoms with E-state index >= 15 is 0 Å². The van der Waals surface area contributed by atoms with Crippen LogP contribution in [0.15, 0.2) is 42.5 Å². The number of morpholine rings is 1. The number of nitrogens with zero attached hydrogens (tertiary/aromatic N) is 4. The summed E-state index contributed by atoms with van der Waals surface area (Å²) in [4.78, 5) is 30.3. The maximum Gasteiger partial charge on any atom is 0.282 e. The first-order valence-corrected chi connectivity index (χ1v) is 9.91. The van der Waals surface area contributed by atoms with E-state index in [-0.39, 0.29) is 11.3 Å². The lowest BCUT2D eigenvalue weighted by atomic mass is 10.1. The highest BCUT2D eigenvalue weighted by Crippen LogP contribution is 2.24. The second kappa shape index (κ2) is 8.60. The monoisotopic (exact) mass is 409 g/mol. The number of nitro benzene ring substituents is 1. The zero-order valence-corrected chi connectivity index (χ0v) is 16.7. The van der Waals surface area contributed by atoms with Crippen LogP contribution in [-0.2, 0) is 17.8 Å². The number of imidazole rings is 1. The zero-order chi connectivity index (χ0) is 21.1. The first-order chi connectivity index (χ1) is 14.6. The molecule has 1 amide bonds. The van der Waals surface area contributed by atoms with Gasteiger partial charge in [0.2, 0.25) is 0 Å². The van der Waals surface area contributed by atoms with E-state index in [4.69, 9.17) is 9.72 Å². The lowest BCUT2D eigenvalue weighted by Crippen LogP contribution is -2.36. The molecule has 0 spiro atoms. The molecule has 30 heavy (non-hydrogen) atoms. The number of ether oxygens (including phenoxy) is 1. The number of nitro groups is 1. The van der Waals surface area contributed by atoms with Gasteiger partial charge in [-0.25, -0.2) is 4.98 Å². The molecule has 1 aliphatic heterocycles. The number of aromatic nitrogens is 2. The van der Waals surface area contributed by atoms with Crippen LogP contribution in [0.1, 0.15) is 23.1 Å². The molecule has 9 heteroatoms. The number of hydrogen-bond acceptors (Lipinski definition) is 6. The van der Waals surface area contributed by atoms with Crippen molar-refractivity contribution in [1.82, 2.24) is 14.5 Å². The van der Waals surface area contributed by atoms with Gasteiger partial charge >= 0.3 is 0 Å². The largest absolute Gasteiger partial charge is 0.379 e. The molecule has 9 nitrogen and oxygen atoms in total. The number of nitrogens with one attached hydrogen (secondary N) is 1. The Morgan fingerprint density at radius 1 is 1.23 bits per heavy atom. The summed E-state index contributed by atoms with van der Waals surface area (Å²) in [5.74, 6) is 0.446. The summed E-state index contributed by atoms with van der Waals surface area (Å²) in [5, 5.41) is 13.9. The van der Waals surface area contributed by atoms with E-state index in [0.29, 0.717) is 5.69 Å². The van der Waals surface area contributed by atoms with Crippen LogP contribution in [-0.4, -0.2) is 51.6 Å². The van der Waals surface area contributed by atoms with Gasteiger partial charge in [-0.15, -0.1) is 0 Å². The summed E-state index contributed by atoms with van der Waals surface area (Å²) in [6.45, 7) is 6.83. The van der Waals surface area contributed by atoms with Crippen molar-refractivity contribution in [3.63, 3.8) is 0 Å². The van der Waals surface area contributed by atoms with Crippen LogP contribution in [0.2, 0.25) is 0 Å². The fourth-order valence-electron chi connectivity index (χ4n) is 3.71. The Labute approximate surface area is 173 Å². The lowest BCUT2D eigenvalue weighted by Gasteiger charge is -2.26. The summed E-state index contributed by atoms with van der Waals surface area (Å²) in [6, 6.07) is 11.4. The van der Waals surface area contributed by atoms with Gasteiger partial charge < -0.3 is 14.6 Å². The smallest absolute Gasteiger partial charge is 0.282 e. The molecule has 1 N–H and O–H groups in total. The SMILES string of the molecule is CCn1c(CN2CCOCC2)nc2cc(NC(=O)c3ccccc3[N+](=O)[O-])ccc21. The van der Waals surface area contributed by atoms with E-state index in [1.54, 1.807) is 18.2 Å². The number of anilines is 1. The van der Waals surface area contributed by atoms with Crippen molar-refractivity contribution >= 4 is 28.3 Å². The van der Waals surface area contributed by atoms with Crippen LogP contribution in [0.5, 0.6) is 0 Å². The molecule has 0 unspecified atom stereocenters. The van der Waals surface area contributed by atoms with Crippen molar-refractivity contribution in [3.05, 3.63) is 64.0 Å². The average molecular weight is 409 g/mol. The molecular weight excluding hydrogens is 386 g/mol. The van der Waals surface area contributed by atoms with Crippen LogP contribution in [0.25, 0.3) is 11.0 Å². The third-order valence-electron chi connectivity index (χ3n) is 5.22. The van der Waals surface area contributed by atoms with Crippen LogP contribution in [0.3, 0.4) is 0 Å². The quantitative estimate of drug-likeness (QED) is 0.496. The van der Waals surface area contributed by atoms with Gasteiger partial charge in [0.15, 0.2) is 0 Å². The molecule has 0 atom stereocenters. The van der Waals surface area contributed by atoms with E-state index < -0.39 is 10.8 Å². The van der Waals surface area contributed by atoms with Crippen LogP contribution in [0.4, 0.5) is 11.4 Å². The summed E-state index contributed by atoms with van der Waals surface area (Å²) < 4.78 is 7.58. The third kappa shape index (κ3) is 4.03. The van der Waals surface area contributed by atoms with E-state index in [9.17, 15) is 14.9 Å². The number of amides is 1. The molecule has 0 aliphatic carbocycles. The number of fused-ring (bicyclic) bond motifs is 1. The maximum absolute atomic E-state index is 12.6. The minimum absolute atomic E-state index is 0.0229. The Morgan fingerprint density at radius 3 is 2.73 bits per heavy atom. The standard InChI is InChI=1S/C21H23N5O4/c1-2-25-19-8-7-15(22-21(27)16-5-3-4-6-18(16)26(28)29)13-17(19)23-20(25)14-24-9-11-30-12-10-24/h3-8,13H,2,9-12,14H2,1H3,(H,22,27). The van der Waals surface area contributed by atoms with E-state index in [0.717, 1.165) is 56.3 Å². The van der Waals surface area contributed by atoms with Gasteiger partial charge in [0.05, 0.1) is 35.7 Å². The summed E-state index contributed by atoms with van der Waals surface area (Å²) in [6.07, 6.45) is 0. The molecule has 156 valence electrons. The van der Waals surface area contributed by atoms with Gasteiger partial charge in [-0.3, -0.25) is 19.8 Å². The molecule has 0 saturated carbocycles. The number of rotatable bonds is 6. The maximum atomic E-state index is 12.6. The Bertz CT molecular complexity index is 1090. The van der Waals surface area contributed by atoms with Gasteiger partial charge in [-0.2, -0.15) is 0 Å². The van der Waals surface area contributed by atoms with Gasteiger partial charge in [-0.1, -0.05) is 12.1 Å². The second-order valence-corrected chi connectivity index (χ2v) is 7.09. The molecule has 1 saturated heterocycles. The highest BCUT2D eigenvalue weighted by Gasteiger charge is 2.20. The Morgan fingerprint density at radius 2 is 2.00 bits per heavy atom. The zero-order valence-electron chi connectivity index (χ0n) is 16.7. The molecule has 1 aromatic heterocycles. The molecule has 3 aromatic rings. The third-order valence-corrected chi connectivity index (χ3v) is 5.22. The van der Waals surface area contributed by atoms with Crippen molar-refractivity contribution < 1.29 is 14.5 Å². The minimum atomic E-state index is -0.557. The van der Waals surface area contributed by atoms with Crippen molar-refractivity contribution in [1.29, 1.82) is 0 Å². The second-order valence-electron chi connectivity index (χ2n) is 7.09. The summed E-state index contributed by atoms with van der Waals surface area (Å²) in [5.41, 5.74) is 2.11. The predicted octanol–water partition coefficient (Wildman–Crippen LogP) is 3.05. The fraction of sp³-hybridized carbons (Fsp3) is 0.333. The van der Waals surface area contributed by atoms with E-state index in [1.165, 1.54) is 18.2 Å². The van der Waals surface area contributed by atoms with Gasteiger partial charge in [0.25, 0.3) is 11.6 Å². The van der Waals surface area contributed by atoms with Crippen LogP contribution < -0.4 is 5.32 Å². The van der Waals surface area contributed by atoms with Crippen LogP contribution >= 0.6 is 0 Å². The van der Waals surface area contributed by atoms with Crippen molar-refractivity contribution in [2.45, 2.75) is 20.0 Å². The normalized spacial score (nSPS) is 14.7. The minimum Gasteiger partial charge on any atom is -0.379 e. The van der Waals surface area contributed by atoms with E-state index in [1.807, 2.05) is 6.07 Å². The number of benzene rings is 2. The molecule has 1 aliphatic rings. The summed E-state index contributed by atoms with van der Waals surface area (Å²) in [7, 11) is 0. The Hall–Kier alpha value is -3.30. The molecule has 0 bridgehead atoms. The van der Waals surface area contributed by atoms with Crippen molar-refractivity contribution in [3.8, 4) is 0 Å².